The minimum Gasteiger partial charge on any atom is -0.396 e. The minimum absolute atomic E-state index is 0.0671. The molecule has 1 heterocycles. The molecule has 7 heteroatoms. The van der Waals surface area contributed by atoms with Crippen molar-refractivity contribution in [3.8, 4) is 23.7 Å². The molecule has 0 aliphatic carbocycles. The van der Waals surface area contributed by atoms with Crippen molar-refractivity contribution < 1.29 is 35.0 Å². The van der Waals surface area contributed by atoms with Gasteiger partial charge in [0.2, 0.25) is 0 Å². The van der Waals surface area contributed by atoms with Gasteiger partial charge in [-0.15, -0.1) is 0 Å². The van der Waals surface area contributed by atoms with Crippen molar-refractivity contribution >= 4 is 0 Å². The molecular formula is C16H22O7. The van der Waals surface area contributed by atoms with Crippen molar-refractivity contribution in [1.82, 2.24) is 0 Å². The molecule has 1 aliphatic rings. The normalized spacial score (nSPS) is 31.3. The molecule has 0 bridgehead atoms. The molecular weight excluding hydrogens is 304 g/mol. The van der Waals surface area contributed by atoms with E-state index in [0.29, 0.717) is 12.8 Å². The van der Waals surface area contributed by atoms with Gasteiger partial charge >= 0.3 is 0 Å². The Kier molecular flexibility index (Phi) is 8.85. The van der Waals surface area contributed by atoms with E-state index < -0.39 is 43.4 Å². The maximum atomic E-state index is 9.86. The average molecular weight is 326 g/mol. The van der Waals surface area contributed by atoms with Crippen LogP contribution in [0.4, 0.5) is 0 Å². The van der Waals surface area contributed by atoms with Crippen molar-refractivity contribution in [3.63, 3.8) is 0 Å². The molecule has 1 fully saturated rings. The Labute approximate surface area is 135 Å². The third kappa shape index (κ3) is 5.94. The van der Waals surface area contributed by atoms with Gasteiger partial charge in [-0.1, -0.05) is 24.5 Å². The lowest BCUT2D eigenvalue weighted by Gasteiger charge is -2.40. The summed E-state index contributed by atoms with van der Waals surface area (Å²) in [6.45, 7) is 3.08. The van der Waals surface area contributed by atoms with Gasteiger partial charge in [0, 0.05) is 13.0 Å². The number of aliphatic hydroxyl groups is 5. The second-order valence-corrected chi connectivity index (χ2v) is 4.89. The minimum atomic E-state index is -1.51. The highest BCUT2D eigenvalue weighted by molar-refractivity contribution is 5.28. The molecule has 7 nitrogen and oxygen atoms in total. The van der Waals surface area contributed by atoms with Gasteiger partial charge in [-0.2, -0.15) is 0 Å². The van der Waals surface area contributed by atoms with Gasteiger partial charge in [0.1, 0.15) is 30.5 Å². The highest BCUT2D eigenvalue weighted by Crippen LogP contribution is 2.22. The van der Waals surface area contributed by atoms with Crippen molar-refractivity contribution in [2.24, 2.45) is 0 Å². The monoisotopic (exact) mass is 326 g/mol. The van der Waals surface area contributed by atoms with Crippen LogP contribution in [0.25, 0.3) is 0 Å². The summed E-state index contributed by atoms with van der Waals surface area (Å²) in [7, 11) is 0. The van der Waals surface area contributed by atoms with E-state index in [1.54, 1.807) is 0 Å². The summed E-state index contributed by atoms with van der Waals surface area (Å²) in [6.07, 6.45) is -5.12. The van der Waals surface area contributed by atoms with E-state index in [2.05, 4.69) is 30.3 Å². The Balaban J connectivity index is 2.65. The van der Waals surface area contributed by atoms with E-state index in [-0.39, 0.29) is 6.61 Å². The lowest BCUT2D eigenvalue weighted by atomic mass is 9.99. The molecule has 23 heavy (non-hydrogen) atoms. The molecule has 1 saturated heterocycles. The first-order chi connectivity index (χ1) is 11.0. The van der Waals surface area contributed by atoms with Crippen molar-refractivity contribution in [1.29, 1.82) is 0 Å². The maximum absolute atomic E-state index is 9.86. The van der Waals surface area contributed by atoms with Crippen LogP contribution in [-0.2, 0) is 9.47 Å². The first-order valence-corrected chi connectivity index (χ1v) is 7.23. The van der Waals surface area contributed by atoms with Gasteiger partial charge in [0.25, 0.3) is 0 Å². The quantitative estimate of drug-likeness (QED) is 0.220. The Bertz CT molecular complexity index is 482. The van der Waals surface area contributed by atoms with E-state index >= 15 is 0 Å². The largest absolute Gasteiger partial charge is 0.396 e. The average Bonchev–Trinajstić information content (AvgIpc) is 2.56. The number of hydrogen-bond donors (Lipinski definition) is 5. The van der Waals surface area contributed by atoms with Crippen LogP contribution in [0.5, 0.6) is 0 Å². The van der Waals surface area contributed by atoms with Crippen LogP contribution < -0.4 is 0 Å². The molecule has 0 aromatic carbocycles. The van der Waals surface area contributed by atoms with Crippen LogP contribution in [0.15, 0.2) is 12.7 Å². The van der Waals surface area contributed by atoms with E-state index in [9.17, 15) is 15.3 Å². The van der Waals surface area contributed by atoms with Crippen molar-refractivity contribution in [2.75, 3.05) is 13.2 Å². The number of aliphatic hydroxyl groups excluding tert-OH is 5. The van der Waals surface area contributed by atoms with Gasteiger partial charge in [0.15, 0.2) is 6.29 Å². The molecule has 1 rings (SSSR count). The topological polar surface area (TPSA) is 120 Å². The summed E-state index contributed by atoms with van der Waals surface area (Å²) in [4.78, 5) is 0. The third-order valence-corrected chi connectivity index (χ3v) is 3.17. The SMILES string of the molecule is C=C[C@@H](C#CC#CCCCO)O[C@@H]1O[C@H](CO)[C@@H](O)[C@H](O)[C@H]1O. The molecule has 0 spiro atoms. The summed E-state index contributed by atoms with van der Waals surface area (Å²) in [5.41, 5.74) is 0. The molecule has 0 radical (unpaired) electrons. The van der Waals surface area contributed by atoms with Gasteiger partial charge in [-0.25, -0.2) is 0 Å². The van der Waals surface area contributed by atoms with E-state index in [1.165, 1.54) is 6.08 Å². The standard InChI is InChI=1S/C16H22O7/c1-2-11(8-6-4-3-5-7-9-17)22-16-15(21)14(20)13(19)12(10-18)23-16/h2,11-21H,1,5,7,9-10H2/t11-,12+,13+,14-,15+,16+/m0/s1. The Morgan fingerprint density at radius 2 is 1.87 bits per heavy atom. The van der Waals surface area contributed by atoms with Gasteiger partial charge in [0.05, 0.1) is 6.61 Å². The first-order valence-electron chi connectivity index (χ1n) is 7.23. The zero-order valence-corrected chi connectivity index (χ0v) is 12.6. The highest BCUT2D eigenvalue weighted by atomic mass is 16.7. The second-order valence-electron chi connectivity index (χ2n) is 4.89. The first kappa shape index (κ1) is 19.6. The fourth-order valence-electron chi connectivity index (χ4n) is 1.85. The van der Waals surface area contributed by atoms with E-state index in [4.69, 9.17) is 19.7 Å². The van der Waals surface area contributed by atoms with E-state index in [0.717, 1.165) is 0 Å². The Morgan fingerprint density at radius 1 is 1.13 bits per heavy atom. The zero-order chi connectivity index (χ0) is 17.2. The molecule has 0 unspecified atom stereocenters. The summed E-state index contributed by atoms with van der Waals surface area (Å²) < 4.78 is 10.6. The molecule has 0 saturated carbocycles. The summed E-state index contributed by atoms with van der Waals surface area (Å²) in [5, 5.41) is 46.9. The maximum Gasteiger partial charge on any atom is 0.188 e. The van der Waals surface area contributed by atoms with Gasteiger partial charge in [-0.05, 0) is 18.3 Å². The third-order valence-electron chi connectivity index (χ3n) is 3.17. The van der Waals surface area contributed by atoms with Crippen LogP contribution in [0, 0.1) is 23.7 Å². The summed E-state index contributed by atoms with van der Waals surface area (Å²) in [5.74, 6) is 10.5. The number of ether oxygens (including phenoxy) is 2. The van der Waals surface area contributed by atoms with Crippen LogP contribution in [0.3, 0.4) is 0 Å². The molecule has 0 amide bonds. The summed E-state index contributed by atoms with van der Waals surface area (Å²) in [6, 6.07) is 0. The lowest BCUT2D eigenvalue weighted by molar-refractivity contribution is -0.303. The van der Waals surface area contributed by atoms with Gasteiger partial charge in [-0.3, -0.25) is 0 Å². The predicted octanol–water partition coefficient (Wildman–Crippen LogP) is -1.86. The smallest absolute Gasteiger partial charge is 0.188 e. The van der Waals surface area contributed by atoms with Crippen LogP contribution in [0.1, 0.15) is 12.8 Å². The Morgan fingerprint density at radius 3 is 2.48 bits per heavy atom. The predicted molar refractivity (Wildman–Crippen MR) is 80.7 cm³/mol. The Hall–Kier alpha value is -1.42. The lowest BCUT2D eigenvalue weighted by Crippen LogP contribution is -2.59. The molecule has 6 atom stereocenters. The molecule has 128 valence electrons. The fraction of sp³-hybridized carbons (Fsp3) is 0.625. The number of rotatable bonds is 6. The molecule has 0 aromatic heterocycles. The van der Waals surface area contributed by atoms with Crippen molar-refractivity contribution in [3.05, 3.63) is 12.7 Å². The van der Waals surface area contributed by atoms with Crippen LogP contribution >= 0.6 is 0 Å². The summed E-state index contributed by atoms with van der Waals surface area (Å²) >= 11 is 0. The van der Waals surface area contributed by atoms with E-state index in [1.807, 2.05) is 0 Å². The van der Waals surface area contributed by atoms with Crippen LogP contribution in [-0.4, -0.2) is 75.6 Å². The van der Waals surface area contributed by atoms with Crippen molar-refractivity contribution in [2.45, 2.75) is 49.7 Å². The van der Waals surface area contributed by atoms with Gasteiger partial charge < -0.3 is 35.0 Å². The second kappa shape index (κ2) is 10.4. The molecule has 0 aromatic rings. The van der Waals surface area contributed by atoms with Crippen LogP contribution in [0.2, 0.25) is 0 Å². The molecule has 1 aliphatic heterocycles. The highest BCUT2D eigenvalue weighted by Gasteiger charge is 2.44. The molecule has 5 N–H and O–H groups in total. The number of unbranched alkanes of at least 4 members (excludes halogenated alkanes) is 1. The fourth-order valence-corrected chi connectivity index (χ4v) is 1.85. The number of hydrogen-bond acceptors (Lipinski definition) is 7. The zero-order valence-electron chi connectivity index (χ0n) is 12.6.